The number of carbonyl (C=O) groups is 2. The first-order valence-electron chi connectivity index (χ1n) is 15.0. The molecule has 0 unspecified atom stereocenters. The molecule has 8 nitrogen and oxygen atoms in total. The molecule has 0 radical (unpaired) electrons. The molecule has 0 saturated heterocycles. The molecule has 0 aliphatic carbocycles. The molecule has 4 N–H and O–H groups in total. The van der Waals surface area contributed by atoms with Crippen LogP contribution in [0.1, 0.15) is 23.1 Å². The summed E-state index contributed by atoms with van der Waals surface area (Å²) in [5, 5.41) is 19.9. The summed E-state index contributed by atoms with van der Waals surface area (Å²) in [6, 6.07) is 29.5. The third kappa shape index (κ3) is 7.83. The number of carboxylic acid groups (broad SMARTS) is 1. The number of methoxy groups -OCH3 is 1. The number of hydrogen-bond donors (Lipinski definition) is 4. The van der Waals surface area contributed by atoms with Crippen molar-refractivity contribution in [3.63, 3.8) is 0 Å². The quantitative estimate of drug-likeness (QED) is 0.125. The molecule has 0 spiro atoms. The molecule has 44 heavy (non-hydrogen) atoms. The second-order valence-corrected chi connectivity index (χ2v) is 11.2. The molecule has 8 heteroatoms. The Bertz CT molecular complexity index is 1720. The van der Waals surface area contributed by atoms with Crippen molar-refractivity contribution in [2.45, 2.75) is 37.9 Å². The highest BCUT2D eigenvalue weighted by Crippen LogP contribution is 2.22. The van der Waals surface area contributed by atoms with Crippen LogP contribution in [-0.4, -0.2) is 66.2 Å². The first-order valence-corrected chi connectivity index (χ1v) is 15.0. The minimum absolute atomic E-state index is 0.000597. The normalized spacial score (nSPS) is 12.7. The largest absolute Gasteiger partial charge is 0.496 e. The SMILES string of the molecule is COc1ccccc1CN(C)C(=O)[C@H](Cc1ccc2ccccc2c1)NCCN[C@H](CC(=O)O)Cc1c[nH]c2ccccc12. The smallest absolute Gasteiger partial charge is 0.304 e. The molecule has 5 aromatic rings. The highest BCUT2D eigenvalue weighted by atomic mass is 16.5. The Morgan fingerprint density at radius 3 is 2.41 bits per heavy atom. The summed E-state index contributed by atoms with van der Waals surface area (Å²) in [5.74, 6) is -0.127. The first kappa shape index (κ1) is 30.8. The summed E-state index contributed by atoms with van der Waals surface area (Å²) in [4.78, 5) is 30.5. The zero-order valence-electron chi connectivity index (χ0n) is 25.3. The summed E-state index contributed by atoms with van der Waals surface area (Å²) in [6.45, 7) is 1.43. The number of likely N-dealkylation sites (N-methyl/N-ethyl adjacent to an activating group) is 1. The van der Waals surface area contributed by atoms with Gasteiger partial charge in [0.25, 0.3) is 0 Å². The number of amides is 1. The highest BCUT2D eigenvalue weighted by Gasteiger charge is 2.24. The van der Waals surface area contributed by atoms with Gasteiger partial charge in [-0.1, -0.05) is 78.9 Å². The molecule has 0 fully saturated rings. The van der Waals surface area contributed by atoms with Crippen LogP contribution < -0.4 is 15.4 Å². The van der Waals surface area contributed by atoms with E-state index in [1.54, 1.807) is 12.0 Å². The van der Waals surface area contributed by atoms with Gasteiger partial charge in [-0.3, -0.25) is 9.59 Å². The molecule has 1 amide bonds. The minimum atomic E-state index is -0.849. The fourth-order valence-corrected chi connectivity index (χ4v) is 5.80. The number of aromatic nitrogens is 1. The highest BCUT2D eigenvalue weighted by molar-refractivity contribution is 5.85. The van der Waals surface area contributed by atoms with Crippen molar-refractivity contribution in [1.29, 1.82) is 0 Å². The maximum atomic E-state index is 13.8. The van der Waals surface area contributed by atoms with Crippen LogP contribution in [0.2, 0.25) is 0 Å². The minimum Gasteiger partial charge on any atom is -0.496 e. The third-order valence-electron chi connectivity index (χ3n) is 8.04. The summed E-state index contributed by atoms with van der Waals surface area (Å²) >= 11 is 0. The van der Waals surface area contributed by atoms with Gasteiger partial charge < -0.3 is 30.4 Å². The van der Waals surface area contributed by atoms with Gasteiger partial charge in [-0.15, -0.1) is 0 Å². The third-order valence-corrected chi connectivity index (χ3v) is 8.04. The van der Waals surface area contributed by atoms with Gasteiger partial charge in [0, 0.05) is 55.4 Å². The lowest BCUT2D eigenvalue weighted by molar-refractivity contribution is -0.137. The number of aromatic amines is 1. The number of nitrogens with zero attached hydrogens (tertiary/aromatic N) is 1. The standard InChI is InChI=1S/C36H40N4O4/c1-40(24-28-11-5-8-14-34(28)44-2)36(43)33(20-25-15-16-26-9-3-4-10-27(26)19-25)38-18-17-37-30(22-35(41)42)21-29-23-39-32-13-7-6-12-31(29)32/h3-16,19,23,30,33,37-39H,17-18,20-22,24H2,1-2H3,(H,41,42)/t30-,33-/m0/s1. The van der Waals surface area contributed by atoms with E-state index in [4.69, 9.17) is 4.74 Å². The molecule has 5 rings (SSSR count). The van der Waals surface area contributed by atoms with Crippen molar-refractivity contribution in [3.05, 3.63) is 114 Å². The Balaban J connectivity index is 1.27. The van der Waals surface area contributed by atoms with Gasteiger partial charge in [0.2, 0.25) is 5.91 Å². The van der Waals surface area contributed by atoms with Gasteiger partial charge in [0.15, 0.2) is 0 Å². The van der Waals surface area contributed by atoms with Crippen LogP contribution in [-0.2, 0) is 29.0 Å². The van der Waals surface area contributed by atoms with E-state index in [9.17, 15) is 14.7 Å². The lowest BCUT2D eigenvalue weighted by Gasteiger charge is -2.26. The van der Waals surface area contributed by atoms with Crippen LogP contribution in [0.3, 0.4) is 0 Å². The number of benzene rings is 4. The predicted octanol–water partition coefficient (Wildman–Crippen LogP) is 5.16. The van der Waals surface area contributed by atoms with Gasteiger partial charge >= 0.3 is 5.97 Å². The number of rotatable bonds is 15. The Kier molecular flexibility index (Phi) is 10.3. The summed E-state index contributed by atoms with van der Waals surface area (Å²) in [5.41, 5.74) is 4.11. The zero-order valence-corrected chi connectivity index (χ0v) is 25.3. The fraction of sp³-hybridized carbons (Fsp3) is 0.278. The van der Waals surface area contributed by atoms with Crippen molar-refractivity contribution in [2.75, 3.05) is 27.2 Å². The maximum Gasteiger partial charge on any atom is 0.304 e. The molecule has 0 aliphatic heterocycles. The molecule has 1 heterocycles. The molecule has 1 aromatic heterocycles. The average Bonchev–Trinajstić information content (AvgIpc) is 3.44. The fourth-order valence-electron chi connectivity index (χ4n) is 5.80. The monoisotopic (exact) mass is 592 g/mol. The van der Waals surface area contributed by atoms with Crippen LogP contribution in [0.4, 0.5) is 0 Å². The Morgan fingerprint density at radius 2 is 1.59 bits per heavy atom. The van der Waals surface area contributed by atoms with Crippen LogP contribution in [0.15, 0.2) is 97.2 Å². The van der Waals surface area contributed by atoms with E-state index in [0.29, 0.717) is 32.5 Å². The van der Waals surface area contributed by atoms with E-state index in [0.717, 1.165) is 44.1 Å². The molecule has 0 bridgehead atoms. The van der Waals surface area contributed by atoms with E-state index >= 15 is 0 Å². The first-order chi connectivity index (χ1) is 21.4. The lowest BCUT2D eigenvalue weighted by Crippen LogP contribution is -2.48. The van der Waals surface area contributed by atoms with Gasteiger partial charge in [-0.2, -0.15) is 0 Å². The number of carboxylic acids is 1. The van der Waals surface area contributed by atoms with Gasteiger partial charge in [0.1, 0.15) is 5.75 Å². The van der Waals surface area contributed by atoms with Crippen molar-refractivity contribution >= 4 is 33.6 Å². The molecule has 4 aromatic carbocycles. The van der Waals surface area contributed by atoms with Crippen LogP contribution in [0.5, 0.6) is 5.75 Å². The Morgan fingerprint density at radius 1 is 0.864 bits per heavy atom. The Hall–Kier alpha value is -4.66. The predicted molar refractivity (Wildman–Crippen MR) is 175 cm³/mol. The van der Waals surface area contributed by atoms with E-state index in [2.05, 4.69) is 45.9 Å². The second kappa shape index (κ2) is 14.7. The van der Waals surface area contributed by atoms with Crippen LogP contribution in [0, 0.1) is 0 Å². The molecule has 2 atom stereocenters. The number of aliphatic carboxylic acids is 1. The van der Waals surface area contributed by atoms with E-state index in [1.165, 1.54) is 0 Å². The van der Waals surface area contributed by atoms with Gasteiger partial charge in [-0.05, 0) is 46.9 Å². The van der Waals surface area contributed by atoms with Crippen molar-refractivity contribution < 1.29 is 19.4 Å². The van der Waals surface area contributed by atoms with Crippen molar-refractivity contribution in [1.82, 2.24) is 20.5 Å². The summed E-state index contributed by atoms with van der Waals surface area (Å²) in [7, 11) is 3.44. The molecule has 228 valence electrons. The van der Waals surface area contributed by atoms with Crippen molar-refractivity contribution in [3.8, 4) is 5.75 Å². The number of ether oxygens (including phenoxy) is 1. The molecule has 0 saturated carbocycles. The molecule has 0 aliphatic rings. The molecular formula is C36H40N4O4. The summed E-state index contributed by atoms with van der Waals surface area (Å²) in [6.07, 6.45) is 3.06. The lowest BCUT2D eigenvalue weighted by atomic mass is 10.0. The van der Waals surface area contributed by atoms with Crippen molar-refractivity contribution in [2.24, 2.45) is 0 Å². The van der Waals surface area contributed by atoms with Crippen LogP contribution >= 0.6 is 0 Å². The topological polar surface area (TPSA) is 107 Å². The van der Waals surface area contributed by atoms with Gasteiger partial charge in [0.05, 0.1) is 19.6 Å². The van der Waals surface area contributed by atoms with Crippen LogP contribution in [0.25, 0.3) is 21.7 Å². The number of carbonyl (C=O) groups excluding carboxylic acids is 1. The number of H-pyrrole nitrogens is 1. The molecular weight excluding hydrogens is 552 g/mol. The number of para-hydroxylation sites is 2. The number of fused-ring (bicyclic) bond motifs is 2. The zero-order chi connectivity index (χ0) is 30.9. The average molecular weight is 593 g/mol. The summed E-state index contributed by atoms with van der Waals surface area (Å²) < 4.78 is 5.51. The maximum absolute atomic E-state index is 13.8. The Labute approximate surface area is 258 Å². The second-order valence-electron chi connectivity index (χ2n) is 11.2. The number of nitrogens with one attached hydrogen (secondary N) is 3. The van der Waals surface area contributed by atoms with E-state index < -0.39 is 12.0 Å². The van der Waals surface area contributed by atoms with E-state index in [1.807, 2.05) is 73.9 Å². The van der Waals surface area contributed by atoms with E-state index in [-0.39, 0.29) is 18.4 Å². The van der Waals surface area contributed by atoms with Gasteiger partial charge in [-0.25, -0.2) is 0 Å². The number of hydrogen-bond acceptors (Lipinski definition) is 5.